The summed E-state index contributed by atoms with van der Waals surface area (Å²) in [6.07, 6.45) is 2.40. The molecule has 182 valence electrons. The van der Waals surface area contributed by atoms with E-state index in [2.05, 4.69) is 34.9 Å². The molecule has 1 aliphatic carbocycles. The largest absolute Gasteiger partial charge is 0.481 e. The first kappa shape index (κ1) is 25.6. The van der Waals surface area contributed by atoms with Crippen molar-refractivity contribution >= 4 is 29.7 Å². The van der Waals surface area contributed by atoms with Crippen LogP contribution in [0.1, 0.15) is 43.2 Å². The Kier molecular flexibility index (Phi) is 9.39. The van der Waals surface area contributed by atoms with Gasteiger partial charge in [0.2, 0.25) is 5.91 Å². The molecular formula is C26H32N2O5S. The summed E-state index contributed by atoms with van der Waals surface area (Å²) in [6, 6.07) is 15.5. The van der Waals surface area contributed by atoms with Gasteiger partial charge in [-0.3, -0.25) is 9.59 Å². The Labute approximate surface area is 204 Å². The molecule has 1 unspecified atom stereocenters. The molecule has 0 radical (unpaired) electrons. The van der Waals surface area contributed by atoms with E-state index in [9.17, 15) is 14.4 Å². The second-order valence-electron chi connectivity index (χ2n) is 8.59. The predicted molar refractivity (Wildman–Crippen MR) is 134 cm³/mol. The van der Waals surface area contributed by atoms with Crippen LogP contribution in [-0.2, 0) is 14.3 Å². The number of carboxylic acids is 1. The number of carboxylic acid groups (broad SMARTS) is 1. The highest BCUT2D eigenvalue weighted by atomic mass is 32.2. The number of fused-ring (bicyclic) bond motifs is 3. The third-order valence-electron chi connectivity index (χ3n) is 6.02. The second kappa shape index (κ2) is 12.5. The molecule has 2 aromatic rings. The number of rotatable bonds is 12. The van der Waals surface area contributed by atoms with Crippen molar-refractivity contribution in [3.63, 3.8) is 0 Å². The predicted octanol–water partition coefficient (Wildman–Crippen LogP) is 4.26. The number of ether oxygens (including phenoxy) is 1. The zero-order valence-corrected chi connectivity index (χ0v) is 20.4. The van der Waals surface area contributed by atoms with Crippen LogP contribution in [0, 0.1) is 5.92 Å². The van der Waals surface area contributed by atoms with Gasteiger partial charge in [-0.25, -0.2) is 4.79 Å². The summed E-state index contributed by atoms with van der Waals surface area (Å²) in [5.41, 5.74) is 4.57. The monoisotopic (exact) mass is 484 g/mol. The number of carbonyl (C=O) groups excluding carboxylic acids is 2. The van der Waals surface area contributed by atoms with Gasteiger partial charge >= 0.3 is 12.1 Å². The van der Waals surface area contributed by atoms with Crippen molar-refractivity contribution in [1.29, 1.82) is 0 Å². The number of thioether (sulfide) groups is 1. The van der Waals surface area contributed by atoms with E-state index in [0.29, 0.717) is 25.1 Å². The second-order valence-corrected chi connectivity index (χ2v) is 9.57. The minimum Gasteiger partial charge on any atom is -0.481 e. The Morgan fingerprint density at radius 3 is 2.24 bits per heavy atom. The molecule has 3 N–H and O–H groups in total. The molecule has 0 bridgehead atoms. The molecular weight excluding hydrogens is 452 g/mol. The first-order chi connectivity index (χ1) is 16.4. The fourth-order valence-corrected chi connectivity index (χ4v) is 4.72. The van der Waals surface area contributed by atoms with Crippen molar-refractivity contribution in [2.75, 3.05) is 25.2 Å². The highest BCUT2D eigenvalue weighted by Crippen LogP contribution is 2.44. The van der Waals surface area contributed by atoms with E-state index in [0.717, 1.165) is 22.3 Å². The molecule has 2 atom stereocenters. The lowest BCUT2D eigenvalue weighted by Crippen LogP contribution is -2.47. The third kappa shape index (κ3) is 6.76. The maximum atomic E-state index is 12.7. The lowest BCUT2D eigenvalue weighted by atomic mass is 9.98. The fourth-order valence-electron chi connectivity index (χ4n) is 4.25. The number of amides is 2. The molecule has 0 heterocycles. The molecule has 0 saturated heterocycles. The van der Waals surface area contributed by atoms with Crippen LogP contribution in [0.25, 0.3) is 11.1 Å². The molecule has 7 nitrogen and oxygen atoms in total. The first-order valence-electron chi connectivity index (χ1n) is 11.5. The Balaban J connectivity index is 1.56. The third-order valence-corrected chi connectivity index (χ3v) is 6.67. The maximum Gasteiger partial charge on any atom is 0.407 e. The Morgan fingerprint density at radius 2 is 1.65 bits per heavy atom. The van der Waals surface area contributed by atoms with Crippen LogP contribution >= 0.6 is 11.8 Å². The number of nitrogens with one attached hydrogen (secondary N) is 2. The number of hydrogen-bond acceptors (Lipinski definition) is 5. The van der Waals surface area contributed by atoms with E-state index in [4.69, 9.17) is 9.84 Å². The minimum absolute atomic E-state index is 0.0439. The molecule has 1 aliphatic rings. The van der Waals surface area contributed by atoms with Crippen LogP contribution in [0.5, 0.6) is 0 Å². The van der Waals surface area contributed by atoms with Crippen molar-refractivity contribution in [3.05, 3.63) is 59.7 Å². The lowest BCUT2D eigenvalue weighted by Gasteiger charge is -2.20. The van der Waals surface area contributed by atoms with E-state index >= 15 is 0 Å². The summed E-state index contributed by atoms with van der Waals surface area (Å²) in [7, 11) is 0. The van der Waals surface area contributed by atoms with Gasteiger partial charge in [0.25, 0.3) is 0 Å². The van der Waals surface area contributed by atoms with Gasteiger partial charge in [0, 0.05) is 18.9 Å². The summed E-state index contributed by atoms with van der Waals surface area (Å²) in [5, 5.41) is 14.4. The van der Waals surface area contributed by atoms with Crippen LogP contribution in [-0.4, -0.2) is 54.3 Å². The van der Waals surface area contributed by atoms with Crippen LogP contribution in [0.3, 0.4) is 0 Å². The summed E-state index contributed by atoms with van der Waals surface area (Å²) < 4.78 is 5.58. The average molecular weight is 485 g/mol. The Bertz CT molecular complexity index is 967. The van der Waals surface area contributed by atoms with Crippen LogP contribution in [0.2, 0.25) is 0 Å². The van der Waals surface area contributed by atoms with Gasteiger partial charge in [-0.15, -0.1) is 0 Å². The Morgan fingerprint density at radius 1 is 1.03 bits per heavy atom. The molecule has 0 spiro atoms. The van der Waals surface area contributed by atoms with Crippen LogP contribution < -0.4 is 10.6 Å². The zero-order valence-electron chi connectivity index (χ0n) is 19.6. The number of alkyl carbamates (subject to hydrolysis) is 1. The topological polar surface area (TPSA) is 105 Å². The molecule has 8 heteroatoms. The number of hydrogen-bond donors (Lipinski definition) is 3. The summed E-state index contributed by atoms with van der Waals surface area (Å²) in [5.74, 6) is -0.527. The van der Waals surface area contributed by atoms with Crippen molar-refractivity contribution in [1.82, 2.24) is 10.6 Å². The molecule has 0 saturated carbocycles. The summed E-state index contributed by atoms with van der Waals surface area (Å²) in [6.45, 7) is 2.37. The molecule has 0 fully saturated rings. The molecule has 34 heavy (non-hydrogen) atoms. The SMILES string of the molecule is CSCC[C@@H](NC(=O)OCC1c2ccccc2-c2ccccc21)C(=O)NCCC(C)CC(=O)O. The van der Waals surface area contributed by atoms with E-state index in [1.54, 1.807) is 11.8 Å². The van der Waals surface area contributed by atoms with Crippen molar-refractivity contribution in [2.24, 2.45) is 5.92 Å². The van der Waals surface area contributed by atoms with Crippen molar-refractivity contribution < 1.29 is 24.2 Å². The van der Waals surface area contributed by atoms with Gasteiger partial charge in [-0.2, -0.15) is 11.8 Å². The van der Waals surface area contributed by atoms with E-state index < -0.39 is 18.1 Å². The zero-order chi connectivity index (χ0) is 24.5. The van der Waals surface area contributed by atoms with E-state index in [1.807, 2.05) is 37.4 Å². The first-order valence-corrected chi connectivity index (χ1v) is 12.9. The van der Waals surface area contributed by atoms with Crippen molar-refractivity contribution in [2.45, 2.75) is 38.1 Å². The van der Waals surface area contributed by atoms with Gasteiger partial charge < -0.3 is 20.5 Å². The highest BCUT2D eigenvalue weighted by molar-refractivity contribution is 7.98. The molecule has 2 aromatic carbocycles. The molecule has 0 aromatic heterocycles. The van der Waals surface area contributed by atoms with E-state index in [-0.39, 0.29) is 30.8 Å². The van der Waals surface area contributed by atoms with Gasteiger partial charge in [0.15, 0.2) is 0 Å². The average Bonchev–Trinajstić information content (AvgIpc) is 3.13. The maximum absolute atomic E-state index is 12.7. The number of benzene rings is 2. The fraction of sp³-hybridized carbons (Fsp3) is 0.423. The smallest absolute Gasteiger partial charge is 0.407 e. The summed E-state index contributed by atoms with van der Waals surface area (Å²) in [4.78, 5) is 36.1. The molecule has 2 amide bonds. The molecule has 3 rings (SSSR count). The van der Waals surface area contributed by atoms with Gasteiger partial charge in [-0.1, -0.05) is 55.5 Å². The Hall–Kier alpha value is -3.00. The number of carbonyl (C=O) groups is 3. The van der Waals surface area contributed by atoms with Crippen LogP contribution in [0.15, 0.2) is 48.5 Å². The van der Waals surface area contributed by atoms with Gasteiger partial charge in [-0.05, 0) is 53.0 Å². The lowest BCUT2D eigenvalue weighted by molar-refractivity contribution is -0.138. The standard InChI is InChI=1S/C26H32N2O5S/c1-17(15-24(29)30)11-13-27-25(31)23(12-14-34-2)28-26(32)33-16-22-20-9-5-3-7-18(20)19-8-4-6-10-21(19)22/h3-10,17,22-23H,11-16H2,1-2H3,(H,27,31)(H,28,32)(H,29,30)/t17?,23-/m1/s1. The van der Waals surface area contributed by atoms with Crippen LogP contribution in [0.4, 0.5) is 4.79 Å². The number of aliphatic carboxylic acids is 1. The quantitative estimate of drug-likeness (QED) is 0.416. The van der Waals surface area contributed by atoms with E-state index in [1.165, 1.54) is 0 Å². The van der Waals surface area contributed by atoms with Crippen molar-refractivity contribution in [3.8, 4) is 11.1 Å². The highest BCUT2D eigenvalue weighted by Gasteiger charge is 2.29. The van der Waals surface area contributed by atoms with Gasteiger partial charge in [0.05, 0.1) is 0 Å². The van der Waals surface area contributed by atoms with Gasteiger partial charge in [0.1, 0.15) is 12.6 Å². The minimum atomic E-state index is -0.853. The normalized spacial score (nSPS) is 13.9. The summed E-state index contributed by atoms with van der Waals surface area (Å²) >= 11 is 1.59. The molecule has 0 aliphatic heterocycles.